The van der Waals surface area contributed by atoms with Gasteiger partial charge in [-0.25, -0.2) is 4.98 Å². The van der Waals surface area contributed by atoms with Crippen molar-refractivity contribution in [3.05, 3.63) is 89.1 Å². The highest BCUT2D eigenvalue weighted by atomic mass is 16.5. The number of likely N-dealkylation sites (N-methyl/N-ethyl adjacent to an activating group) is 1. The van der Waals surface area contributed by atoms with E-state index in [1.807, 2.05) is 30.3 Å². The molecule has 1 fully saturated rings. The van der Waals surface area contributed by atoms with Crippen LogP contribution >= 0.6 is 0 Å². The quantitative estimate of drug-likeness (QED) is 0.367. The van der Waals surface area contributed by atoms with Gasteiger partial charge in [-0.2, -0.15) is 0 Å². The van der Waals surface area contributed by atoms with Crippen LogP contribution in [0.4, 0.5) is 0 Å². The average Bonchev–Trinajstić information content (AvgIpc) is 3.20. The van der Waals surface area contributed by atoms with Crippen LogP contribution in [-0.4, -0.2) is 41.8 Å². The second-order valence-corrected chi connectivity index (χ2v) is 9.75. The molecule has 1 N–H and O–H groups in total. The molecule has 0 saturated heterocycles. The van der Waals surface area contributed by atoms with Crippen LogP contribution in [0.15, 0.2) is 65.2 Å². The monoisotopic (exact) mass is 435 g/mol. The zero-order chi connectivity index (χ0) is 22.6. The molecule has 5 nitrogen and oxygen atoms in total. The number of aryl methyl sites for hydroxylation is 1. The van der Waals surface area contributed by atoms with E-state index >= 15 is 0 Å². The highest BCUT2D eigenvalue weighted by Crippen LogP contribution is 2.46. The van der Waals surface area contributed by atoms with Crippen molar-refractivity contribution in [1.82, 2.24) is 4.98 Å². The van der Waals surface area contributed by atoms with Crippen LogP contribution in [0.5, 0.6) is 0 Å². The Morgan fingerprint density at radius 2 is 1.81 bits per heavy atom. The molecule has 4 rings (SSSR count). The number of hydrogen-bond donors (Lipinski definition) is 1. The lowest BCUT2D eigenvalue weighted by atomic mass is 9.69. The third kappa shape index (κ3) is 5.12. The summed E-state index contributed by atoms with van der Waals surface area (Å²) in [6.45, 7) is 4.92. The number of ether oxygens (including phenoxy) is 1. The lowest BCUT2D eigenvalue weighted by molar-refractivity contribution is -0.905. The van der Waals surface area contributed by atoms with Crippen molar-refractivity contribution >= 4 is 0 Å². The van der Waals surface area contributed by atoms with Crippen molar-refractivity contribution in [3.8, 4) is 0 Å². The molecule has 0 spiro atoms. The second kappa shape index (κ2) is 9.57. The maximum Gasteiger partial charge on any atom is 0.231 e. The molecule has 0 bridgehead atoms. The van der Waals surface area contributed by atoms with E-state index in [2.05, 4.69) is 50.3 Å². The standard InChI is InChI=1S/C27H35N2O3/c1-21-12-14-22(15-13-21)20-31-17-16-29(2,3)19-25-18-28-26(32-25)27(30,24-10-7-11-24)23-8-5-4-6-9-23/h4-6,8-9,12-15,18,24,30H,7,10-11,16-17,19-20H2,1-3H3/q+1. The summed E-state index contributed by atoms with van der Waals surface area (Å²) in [4.78, 5) is 4.54. The molecule has 0 aliphatic heterocycles. The lowest BCUT2D eigenvalue weighted by Crippen LogP contribution is -2.41. The van der Waals surface area contributed by atoms with E-state index in [-0.39, 0.29) is 5.92 Å². The Kier molecular flexibility index (Phi) is 6.79. The summed E-state index contributed by atoms with van der Waals surface area (Å²) in [6, 6.07) is 18.3. The van der Waals surface area contributed by atoms with Gasteiger partial charge in [-0.1, -0.05) is 66.6 Å². The van der Waals surface area contributed by atoms with Crippen molar-refractivity contribution in [1.29, 1.82) is 0 Å². The van der Waals surface area contributed by atoms with Gasteiger partial charge >= 0.3 is 0 Å². The first-order valence-corrected chi connectivity index (χ1v) is 11.6. The number of nitrogens with zero attached hydrogens (tertiary/aromatic N) is 2. The van der Waals surface area contributed by atoms with Crippen LogP contribution < -0.4 is 0 Å². The van der Waals surface area contributed by atoms with Crippen molar-refractivity contribution in [2.75, 3.05) is 27.2 Å². The molecule has 1 atom stereocenters. The first-order valence-electron chi connectivity index (χ1n) is 11.6. The molecule has 1 aromatic heterocycles. The minimum absolute atomic E-state index is 0.147. The fraction of sp³-hybridized carbons (Fsp3) is 0.444. The molecule has 2 aromatic carbocycles. The van der Waals surface area contributed by atoms with E-state index in [0.717, 1.165) is 41.6 Å². The molecule has 1 aliphatic carbocycles. The van der Waals surface area contributed by atoms with Crippen LogP contribution in [0, 0.1) is 12.8 Å². The van der Waals surface area contributed by atoms with Gasteiger partial charge in [-0.05, 0) is 30.9 Å². The fourth-order valence-corrected chi connectivity index (χ4v) is 4.30. The third-order valence-electron chi connectivity index (χ3n) is 6.60. The maximum atomic E-state index is 11.7. The minimum Gasteiger partial charge on any atom is -0.436 e. The summed E-state index contributed by atoms with van der Waals surface area (Å²) in [7, 11) is 4.32. The summed E-state index contributed by atoms with van der Waals surface area (Å²) >= 11 is 0. The molecule has 1 aliphatic rings. The molecule has 5 heteroatoms. The number of aromatic nitrogens is 1. The van der Waals surface area contributed by atoms with E-state index in [9.17, 15) is 5.11 Å². The number of aliphatic hydroxyl groups is 1. The molecule has 170 valence electrons. The van der Waals surface area contributed by atoms with Crippen molar-refractivity contribution in [3.63, 3.8) is 0 Å². The Labute approximate surface area is 191 Å². The number of rotatable bonds is 10. The summed E-state index contributed by atoms with van der Waals surface area (Å²) in [5.41, 5.74) is 2.15. The highest BCUT2D eigenvalue weighted by Gasteiger charge is 2.47. The average molecular weight is 436 g/mol. The van der Waals surface area contributed by atoms with Gasteiger partial charge in [0.2, 0.25) is 5.89 Å². The smallest absolute Gasteiger partial charge is 0.231 e. The number of benzene rings is 2. The Morgan fingerprint density at radius 1 is 1.09 bits per heavy atom. The molecule has 3 aromatic rings. The van der Waals surface area contributed by atoms with Gasteiger partial charge in [0.05, 0.1) is 33.5 Å². The zero-order valence-electron chi connectivity index (χ0n) is 19.5. The van der Waals surface area contributed by atoms with Crippen LogP contribution in [0.3, 0.4) is 0 Å². The minimum atomic E-state index is -1.16. The van der Waals surface area contributed by atoms with Gasteiger partial charge < -0.3 is 18.7 Å². The molecule has 1 heterocycles. The van der Waals surface area contributed by atoms with Crippen LogP contribution in [0.2, 0.25) is 0 Å². The van der Waals surface area contributed by atoms with E-state index in [4.69, 9.17) is 9.15 Å². The summed E-state index contributed by atoms with van der Waals surface area (Å²) < 4.78 is 12.8. The SMILES string of the molecule is Cc1ccc(COCC[N+](C)(C)Cc2cnc(C(O)(c3ccccc3)C3CCC3)o2)cc1. The van der Waals surface area contributed by atoms with E-state index < -0.39 is 5.60 Å². The van der Waals surface area contributed by atoms with Crippen molar-refractivity contribution in [2.24, 2.45) is 5.92 Å². The van der Waals surface area contributed by atoms with E-state index in [1.54, 1.807) is 6.20 Å². The number of quaternary nitrogens is 1. The first-order chi connectivity index (χ1) is 15.4. The molecule has 32 heavy (non-hydrogen) atoms. The molecule has 1 saturated carbocycles. The van der Waals surface area contributed by atoms with E-state index in [1.165, 1.54) is 11.1 Å². The van der Waals surface area contributed by atoms with Crippen LogP contribution in [0.1, 0.15) is 47.6 Å². The van der Waals surface area contributed by atoms with Gasteiger partial charge in [0.15, 0.2) is 11.4 Å². The largest absolute Gasteiger partial charge is 0.436 e. The molecule has 0 amide bonds. The van der Waals surface area contributed by atoms with Gasteiger partial charge in [0.25, 0.3) is 0 Å². The summed E-state index contributed by atoms with van der Waals surface area (Å²) in [5, 5.41) is 11.7. The third-order valence-corrected chi connectivity index (χ3v) is 6.60. The zero-order valence-corrected chi connectivity index (χ0v) is 19.5. The second-order valence-electron chi connectivity index (χ2n) is 9.75. The van der Waals surface area contributed by atoms with Crippen molar-refractivity contribution in [2.45, 2.75) is 44.9 Å². The Morgan fingerprint density at radius 3 is 2.47 bits per heavy atom. The molecular weight excluding hydrogens is 400 g/mol. The predicted molar refractivity (Wildman–Crippen MR) is 125 cm³/mol. The van der Waals surface area contributed by atoms with Gasteiger partial charge in [0.1, 0.15) is 13.1 Å². The fourth-order valence-electron chi connectivity index (χ4n) is 4.30. The summed E-state index contributed by atoms with van der Waals surface area (Å²) in [6.07, 6.45) is 4.89. The maximum absolute atomic E-state index is 11.7. The Hall–Kier alpha value is -2.47. The summed E-state index contributed by atoms with van der Waals surface area (Å²) in [5.74, 6) is 1.35. The van der Waals surface area contributed by atoms with Crippen LogP contribution in [-0.2, 0) is 23.5 Å². The lowest BCUT2D eigenvalue weighted by Gasteiger charge is -2.39. The molecule has 1 unspecified atom stereocenters. The molecular formula is C27H35N2O3+. The van der Waals surface area contributed by atoms with Gasteiger partial charge in [-0.3, -0.25) is 0 Å². The number of oxazole rings is 1. The molecule has 0 radical (unpaired) electrons. The van der Waals surface area contributed by atoms with Gasteiger partial charge in [-0.15, -0.1) is 0 Å². The van der Waals surface area contributed by atoms with Crippen molar-refractivity contribution < 1.29 is 18.7 Å². The Bertz CT molecular complexity index is 993. The van der Waals surface area contributed by atoms with E-state index in [0.29, 0.717) is 25.6 Å². The normalized spacial score (nSPS) is 16.5. The van der Waals surface area contributed by atoms with Crippen LogP contribution in [0.25, 0.3) is 0 Å². The first kappa shape index (κ1) is 22.7. The topological polar surface area (TPSA) is 55.5 Å². The Balaban J connectivity index is 1.37. The predicted octanol–water partition coefficient (Wildman–Crippen LogP) is 4.81. The van der Waals surface area contributed by atoms with Gasteiger partial charge in [0, 0.05) is 5.92 Å². The number of hydrogen-bond acceptors (Lipinski definition) is 4. The highest BCUT2D eigenvalue weighted by molar-refractivity contribution is 5.30.